The first kappa shape index (κ1) is 30.4. The number of thioether (sulfide) groups is 1. The normalized spacial score (nSPS) is 14.6. The van der Waals surface area contributed by atoms with Crippen molar-refractivity contribution in [1.82, 2.24) is 4.57 Å². The smallest absolute Gasteiger partial charge is 0.338 e. The first-order valence-electron chi connectivity index (χ1n) is 13.8. The van der Waals surface area contributed by atoms with Crippen LogP contribution in [0.5, 0.6) is 0 Å². The Morgan fingerprint density at radius 2 is 1.82 bits per heavy atom. The Morgan fingerprint density at radius 1 is 1.07 bits per heavy atom. The van der Waals surface area contributed by atoms with E-state index < -0.39 is 18.0 Å². The molecule has 226 valence electrons. The van der Waals surface area contributed by atoms with Crippen molar-refractivity contribution in [2.45, 2.75) is 17.9 Å². The molecule has 0 fully saturated rings. The standard InChI is InChI=1S/C34H25ClN2O6S2/c1-3-42-33(41)28-29(19-7-5-4-6-8-19)36-34-37(30(28)20-9-13-23(44-2)14-10-20)31(38)27(45-34)18-22-12-16-26(43-22)21-11-15-25(35)24(17-21)32(39)40/h4-18,30H,3H2,1-2H3,(H,39,40)/b27-18+/t30-/m0/s1. The predicted molar refractivity (Wildman–Crippen MR) is 175 cm³/mol. The van der Waals surface area contributed by atoms with Gasteiger partial charge in [0.1, 0.15) is 11.5 Å². The van der Waals surface area contributed by atoms with Gasteiger partial charge in [-0.05, 0) is 61.2 Å². The predicted octanol–water partition coefficient (Wildman–Crippen LogP) is 6.27. The Hall–Kier alpha value is -4.64. The van der Waals surface area contributed by atoms with Crippen molar-refractivity contribution in [3.05, 3.63) is 138 Å². The number of esters is 1. The van der Waals surface area contributed by atoms with Crippen molar-refractivity contribution in [2.75, 3.05) is 12.9 Å². The number of rotatable bonds is 8. The quantitative estimate of drug-likeness (QED) is 0.155. The van der Waals surface area contributed by atoms with Crippen molar-refractivity contribution in [1.29, 1.82) is 0 Å². The van der Waals surface area contributed by atoms with E-state index in [0.717, 1.165) is 16.0 Å². The fourth-order valence-electron chi connectivity index (χ4n) is 5.10. The largest absolute Gasteiger partial charge is 0.478 e. The second-order valence-electron chi connectivity index (χ2n) is 9.91. The number of carbonyl (C=O) groups excluding carboxylic acids is 1. The number of fused-ring (bicyclic) bond motifs is 1. The van der Waals surface area contributed by atoms with E-state index in [9.17, 15) is 19.5 Å². The minimum absolute atomic E-state index is 0.0439. The lowest BCUT2D eigenvalue weighted by Crippen LogP contribution is -2.40. The summed E-state index contributed by atoms with van der Waals surface area (Å²) in [7, 11) is 0. The van der Waals surface area contributed by atoms with Crippen LogP contribution in [0.3, 0.4) is 0 Å². The van der Waals surface area contributed by atoms with Crippen LogP contribution in [0.1, 0.15) is 40.2 Å². The molecule has 0 radical (unpaired) electrons. The Balaban J connectivity index is 1.53. The highest BCUT2D eigenvalue weighted by molar-refractivity contribution is 7.98. The number of furan rings is 1. The molecule has 0 saturated carbocycles. The summed E-state index contributed by atoms with van der Waals surface area (Å²) in [6.07, 6.45) is 3.60. The lowest BCUT2D eigenvalue weighted by molar-refractivity contribution is -0.138. The van der Waals surface area contributed by atoms with Crippen LogP contribution >= 0.6 is 34.7 Å². The van der Waals surface area contributed by atoms with Gasteiger partial charge in [-0.25, -0.2) is 14.6 Å². The summed E-state index contributed by atoms with van der Waals surface area (Å²) in [6, 6.07) is 24.3. The van der Waals surface area contributed by atoms with Gasteiger partial charge in [-0.1, -0.05) is 65.4 Å². The number of halogens is 1. The third-order valence-corrected chi connectivity index (χ3v) is 9.24. The number of benzene rings is 3. The summed E-state index contributed by atoms with van der Waals surface area (Å²) in [5, 5.41) is 9.57. The SMILES string of the molecule is CCOC(=O)C1=C(c2ccccc2)N=c2s/c(=C/c3ccc(-c4ccc(Cl)c(C(=O)O)c4)o3)c(=O)n2[C@H]1c1ccc(SC)cc1. The number of thiazole rings is 1. The summed E-state index contributed by atoms with van der Waals surface area (Å²) in [4.78, 5) is 45.6. The maximum Gasteiger partial charge on any atom is 0.338 e. The minimum Gasteiger partial charge on any atom is -0.478 e. The third-order valence-electron chi connectivity index (χ3n) is 7.19. The van der Waals surface area contributed by atoms with Gasteiger partial charge in [-0.2, -0.15) is 0 Å². The molecular formula is C34H25ClN2O6S2. The summed E-state index contributed by atoms with van der Waals surface area (Å²) in [6.45, 7) is 1.90. The maximum atomic E-state index is 14.1. The fourth-order valence-corrected chi connectivity index (χ4v) is 6.69. The summed E-state index contributed by atoms with van der Waals surface area (Å²) in [5.41, 5.74) is 2.32. The summed E-state index contributed by atoms with van der Waals surface area (Å²) >= 11 is 8.81. The van der Waals surface area contributed by atoms with Gasteiger partial charge in [-0.3, -0.25) is 9.36 Å². The molecule has 1 aliphatic rings. The zero-order chi connectivity index (χ0) is 31.7. The van der Waals surface area contributed by atoms with Crippen LogP contribution in [0.4, 0.5) is 0 Å². The first-order chi connectivity index (χ1) is 21.8. The highest BCUT2D eigenvalue weighted by atomic mass is 35.5. The molecule has 3 heterocycles. The van der Waals surface area contributed by atoms with Crippen LogP contribution in [-0.4, -0.2) is 34.5 Å². The van der Waals surface area contributed by atoms with Gasteiger partial charge in [0, 0.05) is 22.1 Å². The van der Waals surface area contributed by atoms with Gasteiger partial charge >= 0.3 is 11.9 Å². The average Bonchev–Trinajstić information content (AvgIpc) is 3.65. The molecule has 45 heavy (non-hydrogen) atoms. The third kappa shape index (κ3) is 5.92. The van der Waals surface area contributed by atoms with Gasteiger partial charge in [0.15, 0.2) is 4.80 Å². The molecule has 0 unspecified atom stereocenters. The monoisotopic (exact) mass is 656 g/mol. The van der Waals surface area contributed by atoms with Crippen molar-refractivity contribution in [2.24, 2.45) is 4.99 Å². The first-order valence-corrected chi connectivity index (χ1v) is 16.3. The second-order valence-corrected chi connectivity index (χ2v) is 12.2. The van der Waals surface area contributed by atoms with Gasteiger partial charge in [-0.15, -0.1) is 11.8 Å². The molecule has 1 atom stereocenters. The van der Waals surface area contributed by atoms with E-state index in [4.69, 9.17) is 25.7 Å². The molecule has 8 nitrogen and oxygen atoms in total. The van der Waals surface area contributed by atoms with Gasteiger partial charge in [0.2, 0.25) is 0 Å². The lowest BCUT2D eigenvalue weighted by atomic mass is 9.93. The molecule has 1 N–H and O–H groups in total. The van der Waals surface area contributed by atoms with E-state index >= 15 is 0 Å². The Bertz CT molecular complexity index is 2150. The molecule has 0 saturated heterocycles. The van der Waals surface area contributed by atoms with Crippen molar-refractivity contribution in [3.8, 4) is 11.3 Å². The number of carbonyl (C=O) groups is 2. The topological polar surface area (TPSA) is 111 Å². The molecule has 11 heteroatoms. The van der Waals surface area contributed by atoms with Crippen LogP contribution in [0.25, 0.3) is 23.1 Å². The fraction of sp³-hybridized carbons (Fsp3) is 0.118. The Labute approximate surface area is 270 Å². The number of carboxylic acid groups (broad SMARTS) is 1. The van der Waals surface area contributed by atoms with Crippen LogP contribution in [0.15, 0.2) is 110 Å². The van der Waals surface area contributed by atoms with E-state index in [-0.39, 0.29) is 28.3 Å². The van der Waals surface area contributed by atoms with E-state index in [1.54, 1.807) is 43.0 Å². The van der Waals surface area contributed by atoms with E-state index in [2.05, 4.69) is 0 Å². The van der Waals surface area contributed by atoms with E-state index in [0.29, 0.717) is 32.1 Å². The van der Waals surface area contributed by atoms with Crippen molar-refractivity contribution < 1.29 is 23.8 Å². The number of aromatic carboxylic acids is 1. The Morgan fingerprint density at radius 3 is 2.51 bits per heavy atom. The molecule has 3 aromatic carbocycles. The van der Waals surface area contributed by atoms with Crippen LogP contribution in [0.2, 0.25) is 5.02 Å². The lowest BCUT2D eigenvalue weighted by Gasteiger charge is -2.26. The van der Waals surface area contributed by atoms with E-state index in [1.165, 1.54) is 28.0 Å². The molecule has 6 rings (SSSR count). The number of hydrogen-bond donors (Lipinski definition) is 1. The minimum atomic E-state index is -1.15. The van der Waals surface area contributed by atoms with Crippen LogP contribution < -0.4 is 14.9 Å². The van der Waals surface area contributed by atoms with Crippen molar-refractivity contribution >= 4 is 58.4 Å². The number of hydrogen-bond acceptors (Lipinski definition) is 8. The molecule has 5 aromatic rings. The highest BCUT2D eigenvalue weighted by Gasteiger charge is 2.35. The molecule has 1 aliphatic heterocycles. The number of aromatic nitrogens is 1. The Kier molecular flexibility index (Phi) is 8.62. The number of carboxylic acids is 1. The number of ether oxygens (including phenoxy) is 1. The van der Waals surface area contributed by atoms with Gasteiger partial charge < -0.3 is 14.3 Å². The number of nitrogens with zero attached hydrogens (tertiary/aromatic N) is 2. The molecule has 0 amide bonds. The molecule has 0 aliphatic carbocycles. The summed E-state index contributed by atoms with van der Waals surface area (Å²) < 4.78 is 13.4. The zero-order valence-electron chi connectivity index (χ0n) is 24.0. The van der Waals surface area contributed by atoms with E-state index in [1.807, 2.05) is 60.9 Å². The van der Waals surface area contributed by atoms with Crippen LogP contribution in [0, 0.1) is 0 Å². The second kappa shape index (κ2) is 12.8. The van der Waals surface area contributed by atoms with Gasteiger partial charge in [0.05, 0.1) is 39.0 Å². The summed E-state index contributed by atoms with van der Waals surface area (Å²) in [5.74, 6) is -0.899. The van der Waals surface area contributed by atoms with Gasteiger partial charge in [0.25, 0.3) is 5.56 Å². The molecule has 0 spiro atoms. The molecule has 2 aromatic heterocycles. The zero-order valence-corrected chi connectivity index (χ0v) is 26.4. The molecular weight excluding hydrogens is 632 g/mol. The average molecular weight is 657 g/mol. The highest BCUT2D eigenvalue weighted by Crippen LogP contribution is 2.36. The molecule has 0 bridgehead atoms. The maximum absolute atomic E-state index is 14.1. The van der Waals surface area contributed by atoms with Crippen molar-refractivity contribution in [3.63, 3.8) is 0 Å². The van der Waals surface area contributed by atoms with Crippen LogP contribution in [-0.2, 0) is 9.53 Å².